The van der Waals surface area contributed by atoms with Gasteiger partial charge in [0.05, 0.1) is 17.6 Å². The van der Waals surface area contributed by atoms with Gasteiger partial charge in [-0.1, -0.05) is 33.3 Å². The summed E-state index contributed by atoms with van der Waals surface area (Å²) >= 11 is 0. The van der Waals surface area contributed by atoms with Gasteiger partial charge in [-0.15, -0.1) is 0 Å². The Morgan fingerprint density at radius 3 is 2.08 bits per heavy atom. The standard InChI is InChI=1S/C38H57F3O8/c1-20(2)24(38(39,40)41)12-11-23(32(45)47-19-48-33(46)34(5,6)7)30-26-17-28(44)31-35(8)15-14-27(43)21(3)25(35)13-16-36(31,9)37(26,10)18-29(30)49-22(4)42/h21,25-29,31,43-44H,11-19H2,1-10H3/t21-,25?,26+,27+,28+,29-,31+,35-,36-,37-/m0/s1. The van der Waals surface area contributed by atoms with Gasteiger partial charge in [0.2, 0.25) is 6.79 Å². The maximum absolute atomic E-state index is 14.1. The van der Waals surface area contributed by atoms with E-state index in [4.69, 9.17) is 14.2 Å². The molecular weight excluding hydrogens is 641 g/mol. The Labute approximate surface area is 289 Å². The Kier molecular flexibility index (Phi) is 10.9. The van der Waals surface area contributed by atoms with Crippen LogP contribution in [0.4, 0.5) is 13.2 Å². The van der Waals surface area contributed by atoms with Crippen LogP contribution >= 0.6 is 0 Å². The van der Waals surface area contributed by atoms with Crippen molar-refractivity contribution in [3.05, 3.63) is 22.3 Å². The van der Waals surface area contributed by atoms with Gasteiger partial charge in [0.1, 0.15) is 6.10 Å². The monoisotopic (exact) mass is 698 g/mol. The van der Waals surface area contributed by atoms with Crippen LogP contribution in [0.25, 0.3) is 0 Å². The fourth-order valence-corrected chi connectivity index (χ4v) is 10.6. The second-order valence-corrected chi connectivity index (χ2v) is 17.2. The summed E-state index contributed by atoms with van der Waals surface area (Å²) in [5.41, 5.74) is -2.59. The van der Waals surface area contributed by atoms with Gasteiger partial charge in [-0.2, -0.15) is 13.2 Å². The zero-order valence-electron chi connectivity index (χ0n) is 30.9. The maximum atomic E-state index is 14.1. The number of halogens is 3. The molecule has 0 aliphatic heterocycles. The largest absolute Gasteiger partial charge is 0.458 e. The van der Waals surface area contributed by atoms with E-state index in [1.54, 1.807) is 20.8 Å². The molecule has 49 heavy (non-hydrogen) atoms. The van der Waals surface area contributed by atoms with E-state index in [0.717, 1.165) is 19.3 Å². The topological polar surface area (TPSA) is 119 Å². The van der Waals surface area contributed by atoms with Crippen LogP contribution in [-0.4, -0.2) is 59.4 Å². The Bertz CT molecular complexity index is 1370. The summed E-state index contributed by atoms with van der Waals surface area (Å²) in [5.74, 6) is -2.53. The Morgan fingerprint density at radius 2 is 1.53 bits per heavy atom. The second-order valence-electron chi connectivity index (χ2n) is 17.2. The molecule has 11 heteroatoms. The lowest BCUT2D eigenvalue weighted by Crippen LogP contribution is -2.65. The van der Waals surface area contributed by atoms with E-state index in [2.05, 4.69) is 27.7 Å². The molecule has 0 aromatic rings. The summed E-state index contributed by atoms with van der Waals surface area (Å²) in [5, 5.41) is 22.9. The number of carbonyl (C=O) groups excluding carboxylic acids is 3. The molecule has 278 valence electrons. The third-order valence-electron chi connectivity index (χ3n) is 13.2. The Morgan fingerprint density at radius 1 is 0.898 bits per heavy atom. The number of rotatable bonds is 7. The lowest BCUT2D eigenvalue weighted by molar-refractivity contribution is -0.234. The minimum atomic E-state index is -4.62. The first-order valence-electron chi connectivity index (χ1n) is 17.7. The SMILES string of the molecule is CC(=O)O[C@H]1C[C@@]2(C)[C@H](C[C@@H](O)[C@@H]3[C@@]4(C)CC[C@@H](O)[C@@H](C)C4CC[C@@]32C)C1=C(CCC(=C(C)C)C(F)(F)F)C(=O)OCOC(=O)C(C)(C)C. The molecule has 0 radical (unpaired) electrons. The lowest BCUT2D eigenvalue weighted by atomic mass is 9.36. The van der Waals surface area contributed by atoms with Crippen molar-refractivity contribution >= 4 is 17.9 Å². The van der Waals surface area contributed by atoms with Crippen LogP contribution in [0.1, 0.15) is 121 Å². The van der Waals surface area contributed by atoms with E-state index in [9.17, 15) is 37.8 Å². The van der Waals surface area contributed by atoms with Crippen molar-refractivity contribution in [2.24, 2.45) is 45.3 Å². The van der Waals surface area contributed by atoms with Gasteiger partial charge >= 0.3 is 24.1 Å². The van der Waals surface area contributed by atoms with E-state index in [0.29, 0.717) is 18.4 Å². The summed E-state index contributed by atoms with van der Waals surface area (Å²) in [6, 6.07) is 0. The number of alkyl halides is 3. The number of allylic oxidation sites excluding steroid dienone is 2. The fourth-order valence-electron chi connectivity index (χ4n) is 10.6. The average molecular weight is 699 g/mol. The van der Waals surface area contributed by atoms with Gasteiger partial charge in [0.25, 0.3) is 0 Å². The Hall–Kier alpha value is -2.40. The molecule has 0 spiro atoms. The molecule has 1 unspecified atom stereocenters. The van der Waals surface area contributed by atoms with Crippen molar-refractivity contribution in [1.82, 2.24) is 0 Å². The summed E-state index contributed by atoms with van der Waals surface area (Å²) in [7, 11) is 0. The highest BCUT2D eigenvalue weighted by molar-refractivity contribution is 5.90. The summed E-state index contributed by atoms with van der Waals surface area (Å²) in [6.07, 6.45) is -4.11. The molecular formula is C38H57F3O8. The molecule has 4 aliphatic rings. The normalized spacial score (nSPS) is 38.4. The molecule has 4 rings (SSSR count). The minimum absolute atomic E-state index is 0.0432. The van der Waals surface area contributed by atoms with Gasteiger partial charge in [0.15, 0.2) is 0 Å². The van der Waals surface area contributed by atoms with Crippen LogP contribution in [0.15, 0.2) is 22.3 Å². The quantitative estimate of drug-likeness (QED) is 0.121. The van der Waals surface area contributed by atoms with E-state index < -0.39 is 83.3 Å². The number of aliphatic hydroxyl groups excluding tert-OH is 2. The molecule has 0 saturated heterocycles. The van der Waals surface area contributed by atoms with Crippen molar-refractivity contribution in [3.63, 3.8) is 0 Å². The van der Waals surface area contributed by atoms with Crippen molar-refractivity contribution in [1.29, 1.82) is 0 Å². The smallest absolute Gasteiger partial charge is 0.412 e. The molecule has 2 N–H and O–H groups in total. The number of carbonyl (C=O) groups is 3. The lowest BCUT2D eigenvalue weighted by Gasteiger charge is -2.69. The van der Waals surface area contributed by atoms with Crippen molar-refractivity contribution in [3.8, 4) is 0 Å². The predicted octanol–water partition coefficient (Wildman–Crippen LogP) is 7.60. The maximum Gasteiger partial charge on any atom is 0.412 e. The molecule has 4 fully saturated rings. The highest BCUT2D eigenvalue weighted by atomic mass is 19.4. The molecule has 0 amide bonds. The molecule has 10 atom stereocenters. The first-order valence-corrected chi connectivity index (χ1v) is 17.7. The van der Waals surface area contributed by atoms with Gasteiger partial charge in [-0.05, 0) is 131 Å². The van der Waals surface area contributed by atoms with Crippen LogP contribution in [-0.2, 0) is 28.6 Å². The zero-order chi connectivity index (χ0) is 37.1. The number of hydrogen-bond acceptors (Lipinski definition) is 8. The number of fused-ring (bicyclic) bond motifs is 5. The van der Waals surface area contributed by atoms with Gasteiger partial charge in [0, 0.05) is 18.1 Å². The van der Waals surface area contributed by atoms with Crippen LogP contribution < -0.4 is 0 Å². The third-order valence-corrected chi connectivity index (χ3v) is 13.2. The van der Waals surface area contributed by atoms with Crippen LogP contribution in [0.5, 0.6) is 0 Å². The van der Waals surface area contributed by atoms with Crippen molar-refractivity contribution in [2.45, 2.75) is 145 Å². The molecule has 4 aliphatic carbocycles. The van der Waals surface area contributed by atoms with Gasteiger partial charge < -0.3 is 24.4 Å². The first kappa shape index (κ1) is 39.4. The summed E-state index contributed by atoms with van der Waals surface area (Å²) in [4.78, 5) is 38.9. The van der Waals surface area contributed by atoms with Crippen molar-refractivity contribution < 1.29 is 52.0 Å². The third kappa shape index (κ3) is 7.09. The second kappa shape index (κ2) is 13.6. The highest BCUT2D eigenvalue weighted by Gasteiger charge is 2.71. The summed E-state index contributed by atoms with van der Waals surface area (Å²) < 4.78 is 58.9. The molecule has 0 bridgehead atoms. The highest BCUT2D eigenvalue weighted by Crippen LogP contribution is 2.74. The average Bonchev–Trinajstić information content (AvgIpc) is 3.22. The number of esters is 3. The minimum Gasteiger partial charge on any atom is -0.458 e. The zero-order valence-corrected chi connectivity index (χ0v) is 30.9. The summed E-state index contributed by atoms with van der Waals surface area (Å²) in [6.45, 7) is 16.8. The molecule has 0 aromatic carbocycles. The predicted molar refractivity (Wildman–Crippen MR) is 176 cm³/mol. The molecule has 4 saturated carbocycles. The van der Waals surface area contributed by atoms with E-state index >= 15 is 0 Å². The van der Waals surface area contributed by atoms with E-state index in [-0.39, 0.29) is 47.2 Å². The number of aliphatic hydroxyl groups is 2. The first-order chi connectivity index (χ1) is 22.4. The molecule has 0 heterocycles. The molecule has 8 nitrogen and oxygen atoms in total. The van der Waals surface area contributed by atoms with E-state index in [1.807, 2.05) is 0 Å². The number of hydrogen-bond donors (Lipinski definition) is 2. The van der Waals surface area contributed by atoms with E-state index in [1.165, 1.54) is 20.8 Å². The number of ether oxygens (including phenoxy) is 3. The van der Waals surface area contributed by atoms with Gasteiger partial charge in [-0.25, -0.2) is 4.79 Å². The van der Waals surface area contributed by atoms with Crippen LogP contribution in [0.2, 0.25) is 0 Å². The van der Waals surface area contributed by atoms with Gasteiger partial charge in [-0.3, -0.25) is 9.59 Å². The van der Waals surface area contributed by atoms with Crippen molar-refractivity contribution in [2.75, 3.05) is 6.79 Å². The van der Waals surface area contributed by atoms with Crippen LogP contribution in [0, 0.1) is 45.3 Å². The molecule has 0 aromatic heterocycles. The fraction of sp³-hybridized carbons (Fsp3) is 0.816. The Balaban J connectivity index is 1.84. The van der Waals surface area contributed by atoms with Crippen LogP contribution in [0.3, 0.4) is 0 Å².